The lowest BCUT2D eigenvalue weighted by atomic mass is 10.0. The minimum Gasteiger partial charge on any atom is -0.494 e. The third-order valence-corrected chi connectivity index (χ3v) is 7.81. The van der Waals surface area contributed by atoms with E-state index in [2.05, 4.69) is 36.6 Å². The number of carbonyl (C=O) groups is 4. The lowest BCUT2D eigenvalue weighted by molar-refractivity contribution is -0.137. The average molecular weight is 833 g/mol. The lowest BCUT2D eigenvalue weighted by Gasteiger charge is -2.21. The van der Waals surface area contributed by atoms with Crippen molar-refractivity contribution in [1.82, 2.24) is 35.6 Å². The van der Waals surface area contributed by atoms with Crippen molar-refractivity contribution < 1.29 is 37.8 Å². The Morgan fingerprint density at radius 1 is 1.00 bits per heavy atom. The average Bonchev–Trinajstić information content (AvgIpc) is 3.56. The molecule has 0 saturated carbocycles. The van der Waals surface area contributed by atoms with Gasteiger partial charge in [0.15, 0.2) is 29.0 Å². The van der Waals surface area contributed by atoms with Crippen LogP contribution in [0.3, 0.4) is 0 Å². The first-order valence-electron chi connectivity index (χ1n) is 16.0. The highest BCUT2D eigenvalue weighted by Gasteiger charge is 2.24. The van der Waals surface area contributed by atoms with E-state index in [9.17, 15) is 28.0 Å². The van der Waals surface area contributed by atoms with Crippen LogP contribution < -0.4 is 42.8 Å². The fraction of sp³-hybridized carbons (Fsp3) is 0.303. The molecule has 4 aromatic rings. The van der Waals surface area contributed by atoms with Crippen LogP contribution in [0, 0.1) is 17.0 Å². The van der Waals surface area contributed by atoms with Gasteiger partial charge in [0.25, 0.3) is 5.91 Å². The van der Waals surface area contributed by atoms with Crippen LogP contribution in [0.5, 0.6) is 5.75 Å². The number of aliphatic carboxylic acids is 1. The lowest BCUT2D eigenvalue weighted by Crippen LogP contribution is -2.56. The van der Waals surface area contributed by atoms with Crippen LogP contribution in [-0.4, -0.2) is 88.0 Å². The number of nitrogens with one attached hydrogen (secondary N) is 6. The Labute approximate surface area is 332 Å². The summed E-state index contributed by atoms with van der Waals surface area (Å²) in [7, 11) is 1.25. The van der Waals surface area contributed by atoms with E-state index in [-0.39, 0.29) is 81.0 Å². The molecule has 0 bridgehead atoms. The molecule has 1 unspecified atom stereocenters. The van der Waals surface area contributed by atoms with E-state index in [4.69, 9.17) is 26.7 Å². The van der Waals surface area contributed by atoms with Gasteiger partial charge in [-0.15, -0.1) is 37.2 Å². The highest BCUT2D eigenvalue weighted by atomic mass is 35.5. The van der Waals surface area contributed by atoms with E-state index in [1.165, 1.54) is 31.6 Å². The topological polar surface area (TPSA) is 264 Å². The third-order valence-electron chi connectivity index (χ3n) is 7.81. The van der Waals surface area contributed by atoms with E-state index in [0.29, 0.717) is 40.4 Å². The molecule has 22 heteroatoms. The van der Waals surface area contributed by atoms with Crippen molar-refractivity contribution in [2.24, 2.45) is 11.5 Å². The van der Waals surface area contributed by atoms with Crippen LogP contribution in [-0.2, 0) is 20.8 Å². The van der Waals surface area contributed by atoms with E-state index in [1.54, 1.807) is 28.8 Å². The maximum atomic E-state index is 14.9. The number of carbonyl (C=O) groups excluding carboxylic acids is 3. The summed E-state index contributed by atoms with van der Waals surface area (Å²) in [5.41, 5.74) is 13.3. The number of hydrogen-bond donors (Lipinski definition) is 9. The Kier molecular flexibility index (Phi) is 19.0. The molecule has 2 aromatic heterocycles. The van der Waals surface area contributed by atoms with Gasteiger partial charge in [0, 0.05) is 55.3 Å². The first-order chi connectivity index (χ1) is 24.8. The molecule has 4 rings (SSSR count). The number of ether oxygens (including phenoxy) is 1. The van der Waals surface area contributed by atoms with E-state index >= 15 is 0 Å². The molecule has 55 heavy (non-hydrogen) atoms. The quantitative estimate of drug-likeness (QED) is 0.0422. The first-order valence-corrected chi connectivity index (χ1v) is 16.0. The van der Waals surface area contributed by atoms with Gasteiger partial charge in [0.05, 0.1) is 25.0 Å². The van der Waals surface area contributed by atoms with Gasteiger partial charge in [-0.05, 0) is 48.7 Å². The van der Waals surface area contributed by atoms with Crippen molar-refractivity contribution in [3.8, 4) is 17.0 Å². The molecular weight excluding hydrogens is 791 g/mol. The van der Waals surface area contributed by atoms with Crippen molar-refractivity contribution in [3.63, 3.8) is 0 Å². The summed E-state index contributed by atoms with van der Waals surface area (Å²) in [4.78, 5) is 57.8. The molecule has 0 aliphatic carbocycles. The van der Waals surface area contributed by atoms with Crippen LogP contribution in [0.4, 0.5) is 20.3 Å². The number of carboxylic acid groups (broad SMARTS) is 1. The molecule has 2 aromatic carbocycles. The number of rotatable bonds is 17. The molecular formula is C33H42Cl3F2N11O6. The number of fused-ring (bicyclic) bond motifs is 1. The summed E-state index contributed by atoms with van der Waals surface area (Å²) in [6, 6.07) is 5.40. The Morgan fingerprint density at radius 2 is 1.71 bits per heavy atom. The molecule has 17 nitrogen and oxygen atoms in total. The molecule has 2 atom stereocenters. The first kappa shape index (κ1) is 47.5. The second kappa shape index (κ2) is 22.0. The van der Waals surface area contributed by atoms with Gasteiger partial charge >= 0.3 is 5.97 Å². The zero-order chi connectivity index (χ0) is 37.9. The minimum atomic E-state index is -1.20. The largest absolute Gasteiger partial charge is 0.494 e. The minimum absolute atomic E-state index is 0. The number of guanidine groups is 1. The second-order valence-corrected chi connectivity index (χ2v) is 11.3. The smallest absolute Gasteiger partial charge is 0.303 e. The van der Waals surface area contributed by atoms with E-state index < -0.39 is 53.4 Å². The van der Waals surface area contributed by atoms with Gasteiger partial charge in [-0.25, -0.2) is 14.4 Å². The number of amides is 3. The Hall–Kier alpha value is -5.50. The number of aryl methyl sites for hydroxylation is 1. The van der Waals surface area contributed by atoms with Crippen molar-refractivity contribution in [2.75, 3.05) is 32.1 Å². The van der Waals surface area contributed by atoms with Gasteiger partial charge in [0.1, 0.15) is 6.04 Å². The molecule has 0 saturated heterocycles. The van der Waals surface area contributed by atoms with Crippen molar-refractivity contribution in [3.05, 3.63) is 71.7 Å². The molecule has 2 heterocycles. The number of hydrogen-bond acceptors (Lipinski definition) is 10. The van der Waals surface area contributed by atoms with Crippen LogP contribution in [0.15, 0.2) is 48.9 Å². The van der Waals surface area contributed by atoms with Crippen LogP contribution >= 0.6 is 37.2 Å². The molecule has 300 valence electrons. The monoisotopic (exact) mass is 831 g/mol. The molecule has 0 aliphatic rings. The number of imidazole rings is 1. The van der Waals surface area contributed by atoms with E-state index in [0.717, 1.165) is 0 Å². The normalized spacial score (nSPS) is 11.4. The number of methoxy groups -OCH3 is 1. The standard InChI is InChI=1S/C33H39F2N11O6.3ClH/c1-3-17-14-18(44-28-29-42-16-23(46(29)13-12-39-28)20-6-8-24(52-2)27(35)26(20)34)4-5-19(17)30(49)40-10-11-41-32(51)22(15-43-33(37)38)45-31(50)21(36)7-9-25(47)48;;;/h4-6,8,12-14,16,21-22H,3,7,9-11,15,36H2,1-2H3,(H,39,44)(H,40,49)(H,41,51)(H,45,50)(H,47,48)(H4,37,38,43);3*1H/t21-,22?;;;/m0.../s1. The Morgan fingerprint density at radius 3 is 2.36 bits per heavy atom. The van der Waals surface area contributed by atoms with Gasteiger partial charge in [0.2, 0.25) is 17.6 Å². The predicted molar refractivity (Wildman–Crippen MR) is 208 cm³/mol. The maximum Gasteiger partial charge on any atom is 0.303 e. The molecule has 3 amide bonds. The van der Waals surface area contributed by atoms with Gasteiger partial charge in [-0.1, -0.05) is 6.92 Å². The summed E-state index contributed by atoms with van der Waals surface area (Å²) in [6.07, 6.45) is 4.45. The number of nitrogens with two attached hydrogens (primary N) is 2. The molecule has 0 fully saturated rings. The summed E-state index contributed by atoms with van der Waals surface area (Å²) in [6.45, 7) is 1.64. The molecule has 0 aliphatic heterocycles. The summed E-state index contributed by atoms with van der Waals surface area (Å²) in [5, 5.41) is 29.5. The van der Waals surface area contributed by atoms with Crippen molar-refractivity contribution in [2.45, 2.75) is 38.3 Å². The Balaban J connectivity index is 0.00000504. The fourth-order valence-electron chi connectivity index (χ4n) is 5.11. The summed E-state index contributed by atoms with van der Waals surface area (Å²) < 4.78 is 35.7. The second-order valence-electron chi connectivity index (χ2n) is 11.3. The number of carboxylic acids is 1. The number of halogens is 5. The van der Waals surface area contributed by atoms with Gasteiger partial charge in [-0.2, -0.15) is 4.39 Å². The predicted octanol–water partition coefficient (Wildman–Crippen LogP) is 2.26. The van der Waals surface area contributed by atoms with E-state index in [1.807, 2.05) is 6.92 Å². The zero-order valence-electron chi connectivity index (χ0n) is 29.5. The van der Waals surface area contributed by atoms with Crippen LogP contribution in [0.1, 0.15) is 35.7 Å². The third kappa shape index (κ3) is 12.3. The number of aromatic nitrogens is 3. The SMILES string of the molecule is CCc1cc(Nc2nccn3c(-c4ccc(OC)c(F)c4F)cnc23)ccc1C(=O)NCCNC(=O)C(CNC(=N)N)NC(=O)[C@@H](N)CCC(=O)O.Cl.Cl.Cl. The highest BCUT2D eigenvalue weighted by Crippen LogP contribution is 2.31. The zero-order valence-corrected chi connectivity index (χ0v) is 31.9. The van der Waals surface area contributed by atoms with Crippen LogP contribution in [0.25, 0.3) is 16.9 Å². The van der Waals surface area contributed by atoms with Gasteiger partial charge < -0.3 is 47.9 Å². The summed E-state index contributed by atoms with van der Waals surface area (Å²) in [5.74, 6) is -5.47. The highest BCUT2D eigenvalue weighted by molar-refractivity contribution is 5.96. The molecule has 0 radical (unpaired) electrons. The van der Waals surface area contributed by atoms with Crippen molar-refractivity contribution >= 4 is 84.0 Å². The maximum absolute atomic E-state index is 14.9. The van der Waals surface area contributed by atoms with Gasteiger partial charge in [-0.3, -0.25) is 29.0 Å². The van der Waals surface area contributed by atoms with Crippen LogP contribution in [0.2, 0.25) is 0 Å². The number of anilines is 2. The molecule has 0 spiro atoms. The number of benzene rings is 2. The fourth-order valence-corrected chi connectivity index (χ4v) is 5.11. The van der Waals surface area contributed by atoms with Crippen molar-refractivity contribution in [1.29, 1.82) is 5.41 Å². The summed E-state index contributed by atoms with van der Waals surface area (Å²) >= 11 is 0. The Bertz CT molecular complexity index is 1990. The number of nitrogens with zero attached hydrogens (tertiary/aromatic N) is 3. The molecule has 11 N–H and O–H groups in total.